The topological polar surface area (TPSA) is 108 Å². The van der Waals surface area contributed by atoms with Crippen LogP contribution in [0.1, 0.15) is 16.1 Å². The zero-order valence-electron chi connectivity index (χ0n) is 13.6. The van der Waals surface area contributed by atoms with Crippen molar-refractivity contribution in [1.29, 1.82) is 0 Å². The van der Waals surface area contributed by atoms with Gasteiger partial charge in [-0.25, -0.2) is 4.39 Å². The van der Waals surface area contributed by atoms with E-state index in [4.69, 9.17) is 15.9 Å². The van der Waals surface area contributed by atoms with E-state index < -0.39 is 11.7 Å². The van der Waals surface area contributed by atoms with E-state index in [1.807, 2.05) is 0 Å². The van der Waals surface area contributed by atoms with Crippen LogP contribution in [0.5, 0.6) is 0 Å². The number of amides is 1. The van der Waals surface area contributed by atoms with Gasteiger partial charge in [-0.05, 0) is 30.7 Å². The van der Waals surface area contributed by atoms with Crippen molar-refractivity contribution in [3.8, 4) is 0 Å². The number of rotatable bonds is 5. The Labute approximate surface area is 161 Å². The van der Waals surface area contributed by atoms with Crippen molar-refractivity contribution >= 4 is 54.6 Å². The molecule has 3 aromatic rings. The highest BCUT2D eigenvalue weighted by Gasteiger charge is 2.17. The number of nitrogens with zero attached hydrogens (tertiary/aromatic N) is 1. The van der Waals surface area contributed by atoms with E-state index in [1.54, 1.807) is 30.6 Å². The number of aliphatic hydroxyl groups is 2. The summed E-state index contributed by atoms with van der Waals surface area (Å²) in [6, 6.07) is 6.43. The molecule has 1 amide bonds. The highest BCUT2D eigenvalue weighted by atomic mass is 79.9. The lowest BCUT2D eigenvalue weighted by atomic mass is 10.2. The van der Waals surface area contributed by atoms with Crippen molar-refractivity contribution in [2.24, 2.45) is 5.73 Å². The number of nitrogens with two attached hydrogens (primary N) is 1. The molecular weight excluding hydrogens is 425 g/mol. The van der Waals surface area contributed by atoms with E-state index in [-0.39, 0.29) is 18.9 Å². The monoisotopic (exact) mass is 441 g/mol. The average molecular weight is 442 g/mol. The first kappa shape index (κ1) is 20.2. The van der Waals surface area contributed by atoms with Gasteiger partial charge in [0.25, 0.3) is 5.91 Å². The molecule has 0 bridgehead atoms. The van der Waals surface area contributed by atoms with Crippen LogP contribution in [0.3, 0.4) is 0 Å². The molecule has 0 aliphatic heterocycles. The molecule has 0 aliphatic carbocycles. The summed E-state index contributed by atoms with van der Waals surface area (Å²) in [5, 5.41) is 19.5. The molecule has 1 aromatic carbocycles. The molecule has 0 saturated heterocycles. The number of primary amides is 1. The second-order valence-corrected chi connectivity index (χ2v) is 7.06. The van der Waals surface area contributed by atoms with Crippen LogP contribution in [0.4, 0.5) is 15.8 Å². The lowest BCUT2D eigenvalue weighted by molar-refractivity contribution is 0.100. The Bertz CT molecular complexity index is 902. The molecule has 9 heteroatoms. The van der Waals surface area contributed by atoms with Crippen LogP contribution in [0, 0.1) is 5.82 Å². The van der Waals surface area contributed by atoms with E-state index >= 15 is 0 Å². The number of pyridine rings is 1. The van der Waals surface area contributed by atoms with E-state index in [0.717, 1.165) is 10.1 Å². The third-order valence-corrected chi connectivity index (χ3v) is 4.90. The number of nitrogens with one attached hydrogen (secondary N) is 1. The summed E-state index contributed by atoms with van der Waals surface area (Å²) in [4.78, 5) is 16.0. The number of carbonyl (C=O) groups is 1. The minimum absolute atomic E-state index is 0.0938. The molecule has 6 nitrogen and oxygen atoms in total. The number of anilines is 2. The minimum Gasteiger partial charge on any atom is -0.396 e. The summed E-state index contributed by atoms with van der Waals surface area (Å²) in [6.07, 6.45) is 3.75. The van der Waals surface area contributed by atoms with Gasteiger partial charge < -0.3 is 21.3 Å². The molecule has 0 aliphatic rings. The molecular formula is C17H17BrFN3O3S. The van der Waals surface area contributed by atoms with Gasteiger partial charge in [0.05, 0.1) is 11.4 Å². The van der Waals surface area contributed by atoms with Crippen LogP contribution in [0.2, 0.25) is 0 Å². The number of aliphatic hydroxyl groups excluding tert-OH is 2. The third-order valence-electron chi connectivity index (χ3n) is 3.22. The first-order valence-corrected chi connectivity index (χ1v) is 9.19. The van der Waals surface area contributed by atoms with Gasteiger partial charge >= 0.3 is 0 Å². The Balaban J connectivity index is 0.000000431. The van der Waals surface area contributed by atoms with Crippen molar-refractivity contribution in [2.75, 3.05) is 18.5 Å². The van der Waals surface area contributed by atoms with E-state index in [2.05, 4.69) is 26.2 Å². The van der Waals surface area contributed by atoms with E-state index in [0.29, 0.717) is 21.5 Å². The largest absolute Gasteiger partial charge is 0.396 e. The fraction of sp³-hybridized carbons (Fsp3) is 0.176. The molecule has 0 unspecified atom stereocenters. The molecule has 5 N–H and O–H groups in total. The standard InChI is InChI=1S/C14H9BrFN3OS.C3H8O2/c15-7-1-2-10(9(16)5-7)19-12-8-6-18-4-3-11(8)21-13(12)14(17)20;4-2-1-3-5/h1-6,19H,(H2,17,20);4-5H,1-3H2. The van der Waals surface area contributed by atoms with Gasteiger partial charge in [0.15, 0.2) is 0 Å². The van der Waals surface area contributed by atoms with Gasteiger partial charge in [-0.2, -0.15) is 0 Å². The van der Waals surface area contributed by atoms with Gasteiger partial charge in [0.2, 0.25) is 0 Å². The molecule has 138 valence electrons. The predicted octanol–water partition coefficient (Wildman–Crippen LogP) is 3.40. The van der Waals surface area contributed by atoms with Crippen LogP contribution in [0.15, 0.2) is 41.1 Å². The number of thiophene rings is 1. The smallest absolute Gasteiger partial charge is 0.260 e. The number of carbonyl (C=O) groups excluding carboxylic acids is 1. The van der Waals surface area contributed by atoms with Gasteiger partial charge in [-0.3, -0.25) is 9.78 Å². The van der Waals surface area contributed by atoms with E-state index in [9.17, 15) is 9.18 Å². The molecule has 26 heavy (non-hydrogen) atoms. The molecule has 3 rings (SSSR count). The van der Waals surface area contributed by atoms with Crippen LogP contribution in [-0.2, 0) is 0 Å². The zero-order chi connectivity index (χ0) is 19.1. The molecule has 0 spiro atoms. The highest BCUT2D eigenvalue weighted by molar-refractivity contribution is 9.10. The molecule has 2 aromatic heterocycles. The maximum atomic E-state index is 14.0. The van der Waals surface area contributed by atoms with Crippen molar-refractivity contribution in [1.82, 2.24) is 4.98 Å². The van der Waals surface area contributed by atoms with Crippen molar-refractivity contribution in [3.63, 3.8) is 0 Å². The SMILES string of the molecule is NC(=O)c1sc2ccncc2c1Nc1ccc(Br)cc1F.OCCCO. The fourth-order valence-corrected chi connectivity index (χ4v) is 3.35. The maximum Gasteiger partial charge on any atom is 0.260 e. The second-order valence-electron chi connectivity index (χ2n) is 5.09. The maximum absolute atomic E-state index is 14.0. The number of halogens is 2. The van der Waals surface area contributed by atoms with Crippen LogP contribution < -0.4 is 11.1 Å². The lowest BCUT2D eigenvalue weighted by Gasteiger charge is -2.08. The Morgan fingerprint density at radius 1 is 1.31 bits per heavy atom. The van der Waals surface area contributed by atoms with Crippen molar-refractivity contribution in [3.05, 3.63) is 51.8 Å². The predicted molar refractivity (Wildman–Crippen MR) is 104 cm³/mol. The quantitative estimate of drug-likeness (QED) is 0.485. The summed E-state index contributed by atoms with van der Waals surface area (Å²) in [7, 11) is 0. The van der Waals surface area contributed by atoms with Gasteiger partial charge in [0, 0.05) is 40.2 Å². The molecule has 0 atom stereocenters. The van der Waals surface area contributed by atoms with Crippen LogP contribution >= 0.6 is 27.3 Å². The summed E-state index contributed by atoms with van der Waals surface area (Å²) in [6.45, 7) is 0.188. The summed E-state index contributed by atoms with van der Waals surface area (Å²) >= 11 is 4.45. The first-order chi connectivity index (χ1) is 12.5. The average Bonchev–Trinajstić information content (AvgIpc) is 2.98. The lowest BCUT2D eigenvalue weighted by Crippen LogP contribution is -2.11. The van der Waals surface area contributed by atoms with E-state index in [1.165, 1.54) is 17.4 Å². The van der Waals surface area contributed by atoms with Gasteiger partial charge in [0.1, 0.15) is 10.7 Å². The summed E-state index contributed by atoms with van der Waals surface area (Å²) in [5.41, 5.74) is 6.16. The first-order valence-electron chi connectivity index (χ1n) is 7.58. The Morgan fingerprint density at radius 3 is 2.62 bits per heavy atom. The van der Waals surface area contributed by atoms with Gasteiger partial charge in [-0.15, -0.1) is 11.3 Å². The minimum atomic E-state index is -0.559. The Hall–Kier alpha value is -2.07. The summed E-state index contributed by atoms with van der Waals surface area (Å²) < 4.78 is 15.5. The zero-order valence-corrected chi connectivity index (χ0v) is 16.0. The van der Waals surface area contributed by atoms with Crippen molar-refractivity contribution in [2.45, 2.75) is 6.42 Å². The van der Waals surface area contributed by atoms with Crippen molar-refractivity contribution < 1.29 is 19.4 Å². The molecule has 0 saturated carbocycles. The number of fused-ring (bicyclic) bond motifs is 1. The molecule has 0 fully saturated rings. The van der Waals surface area contributed by atoms with Gasteiger partial charge in [-0.1, -0.05) is 15.9 Å². The number of benzene rings is 1. The third kappa shape index (κ3) is 4.98. The highest BCUT2D eigenvalue weighted by Crippen LogP contribution is 2.37. The Morgan fingerprint density at radius 2 is 2.04 bits per heavy atom. The number of aromatic nitrogens is 1. The molecule has 0 radical (unpaired) electrons. The van der Waals surface area contributed by atoms with Crippen LogP contribution in [0.25, 0.3) is 10.1 Å². The number of hydrogen-bond acceptors (Lipinski definition) is 6. The summed E-state index contributed by atoms with van der Waals surface area (Å²) in [5.74, 6) is -0.987. The second kappa shape index (κ2) is 9.58. The Kier molecular flexibility index (Phi) is 7.46. The normalized spacial score (nSPS) is 10.3. The fourth-order valence-electron chi connectivity index (χ4n) is 2.04. The number of hydrogen-bond donors (Lipinski definition) is 4. The molecule has 2 heterocycles. The van der Waals surface area contributed by atoms with Crippen LogP contribution in [-0.4, -0.2) is 34.3 Å².